The lowest BCUT2D eigenvalue weighted by Crippen LogP contribution is -2.24. The Hall–Kier alpha value is -1.31. The minimum absolute atomic E-state index is 0.194. The second kappa shape index (κ2) is 4.96. The predicted octanol–water partition coefficient (Wildman–Crippen LogP) is 3.04. The summed E-state index contributed by atoms with van der Waals surface area (Å²) in [6.45, 7) is 7.83. The zero-order chi connectivity index (χ0) is 11.4. The van der Waals surface area contributed by atoms with Gasteiger partial charge in [0.2, 0.25) is 5.91 Å². The second-order valence-corrected chi connectivity index (χ2v) is 4.00. The van der Waals surface area contributed by atoms with Gasteiger partial charge < -0.3 is 4.90 Å². The molecule has 0 saturated carbocycles. The Morgan fingerprint density at radius 3 is 2.67 bits per heavy atom. The molecular weight excluding hydrogens is 186 g/mol. The normalized spacial score (nSPS) is 23.4. The van der Waals surface area contributed by atoms with Crippen molar-refractivity contribution >= 4 is 5.91 Å². The number of rotatable bonds is 1. The molecule has 1 aliphatic heterocycles. The summed E-state index contributed by atoms with van der Waals surface area (Å²) in [7, 11) is 1.84. The van der Waals surface area contributed by atoms with E-state index in [2.05, 4.69) is 12.7 Å². The van der Waals surface area contributed by atoms with Crippen molar-refractivity contribution in [3.05, 3.63) is 35.6 Å². The lowest BCUT2D eigenvalue weighted by molar-refractivity contribution is -0.127. The van der Waals surface area contributed by atoms with E-state index < -0.39 is 0 Å². The van der Waals surface area contributed by atoms with E-state index in [4.69, 9.17) is 0 Å². The molecule has 0 N–H and O–H groups in total. The van der Waals surface area contributed by atoms with Crippen molar-refractivity contribution in [2.75, 3.05) is 7.05 Å². The molecule has 2 nitrogen and oxygen atoms in total. The zero-order valence-corrected chi connectivity index (χ0v) is 9.84. The van der Waals surface area contributed by atoms with Crippen LogP contribution in [-0.4, -0.2) is 17.9 Å². The number of amides is 1. The molecular formula is C13H19NO. The van der Waals surface area contributed by atoms with Crippen molar-refractivity contribution in [1.29, 1.82) is 0 Å². The van der Waals surface area contributed by atoms with Crippen LogP contribution in [-0.2, 0) is 4.79 Å². The quantitative estimate of drug-likeness (QED) is 0.644. The van der Waals surface area contributed by atoms with Crippen molar-refractivity contribution in [3.8, 4) is 0 Å². The number of hydrogen-bond donors (Lipinski definition) is 0. The van der Waals surface area contributed by atoms with Gasteiger partial charge in [0.05, 0.1) is 0 Å². The lowest BCUT2D eigenvalue weighted by Gasteiger charge is -2.19. The Morgan fingerprint density at radius 2 is 2.13 bits per heavy atom. The van der Waals surface area contributed by atoms with Gasteiger partial charge in [-0.15, -0.1) is 0 Å². The average Bonchev–Trinajstić information content (AvgIpc) is 2.30. The predicted molar refractivity (Wildman–Crippen MR) is 63.3 cm³/mol. The molecule has 1 saturated heterocycles. The molecule has 2 heteroatoms. The summed E-state index contributed by atoms with van der Waals surface area (Å²) in [5.41, 5.74) is 3.23. The van der Waals surface area contributed by atoms with E-state index in [-0.39, 0.29) is 5.91 Å². The van der Waals surface area contributed by atoms with Crippen LogP contribution in [0.25, 0.3) is 0 Å². The van der Waals surface area contributed by atoms with Crippen molar-refractivity contribution in [2.24, 2.45) is 0 Å². The minimum atomic E-state index is 0.194. The molecule has 82 valence electrons. The van der Waals surface area contributed by atoms with E-state index in [0.717, 1.165) is 24.1 Å². The van der Waals surface area contributed by atoms with Crippen molar-refractivity contribution in [1.82, 2.24) is 4.90 Å². The fraction of sp³-hybridized carbons (Fsp3) is 0.462. The highest BCUT2D eigenvalue weighted by atomic mass is 16.2. The molecule has 0 atom stereocenters. The molecule has 0 aromatic heterocycles. The number of nitrogens with zero attached hydrogens (tertiary/aromatic N) is 1. The first-order valence-corrected chi connectivity index (χ1v) is 5.35. The molecule has 1 fully saturated rings. The van der Waals surface area contributed by atoms with Crippen molar-refractivity contribution in [3.63, 3.8) is 0 Å². The van der Waals surface area contributed by atoms with Crippen LogP contribution in [0, 0.1) is 0 Å². The van der Waals surface area contributed by atoms with Gasteiger partial charge in [-0.1, -0.05) is 18.2 Å². The van der Waals surface area contributed by atoms with Gasteiger partial charge in [0.1, 0.15) is 0 Å². The summed E-state index contributed by atoms with van der Waals surface area (Å²) in [6, 6.07) is 0. The highest BCUT2D eigenvalue weighted by molar-refractivity contribution is 5.79. The second-order valence-electron chi connectivity index (χ2n) is 4.00. The maximum absolute atomic E-state index is 11.7. The topological polar surface area (TPSA) is 20.3 Å². The fourth-order valence-corrected chi connectivity index (χ4v) is 1.79. The largest absolute Gasteiger partial charge is 0.315 e. The van der Waals surface area contributed by atoms with Gasteiger partial charge in [0.15, 0.2) is 0 Å². The standard InChI is InChI=1S/C13H19NO/c1-5-11-7-6-8-13(15)14(4)12(11)9-10(2)3/h5,9H,2,6-8H2,1,3-4H3/b11-5-,12-9+. The van der Waals surface area contributed by atoms with Gasteiger partial charge in [-0.2, -0.15) is 0 Å². The van der Waals surface area contributed by atoms with Crippen LogP contribution < -0.4 is 0 Å². The highest BCUT2D eigenvalue weighted by Gasteiger charge is 2.20. The van der Waals surface area contributed by atoms with Crippen LogP contribution in [0.5, 0.6) is 0 Å². The number of carbonyl (C=O) groups excluding carboxylic acids is 1. The molecule has 0 aromatic rings. The van der Waals surface area contributed by atoms with Crippen LogP contribution in [0.15, 0.2) is 35.6 Å². The van der Waals surface area contributed by atoms with E-state index >= 15 is 0 Å². The minimum Gasteiger partial charge on any atom is -0.315 e. The van der Waals surface area contributed by atoms with E-state index in [1.165, 1.54) is 5.57 Å². The van der Waals surface area contributed by atoms with E-state index in [1.807, 2.05) is 27.0 Å². The van der Waals surface area contributed by atoms with Crippen molar-refractivity contribution in [2.45, 2.75) is 33.1 Å². The first kappa shape index (κ1) is 11.8. The molecule has 0 bridgehead atoms. The van der Waals surface area contributed by atoms with Crippen LogP contribution in [0.2, 0.25) is 0 Å². The van der Waals surface area contributed by atoms with Crippen molar-refractivity contribution < 1.29 is 4.79 Å². The molecule has 0 unspecified atom stereocenters. The fourth-order valence-electron chi connectivity index (χ4n) is 1.79. The summed E-state index contributed by atoms with van der Waals surface area (Å²) in [5.74, 6) is 0.194. The molecule has 1 amide bonds. The smallest absolute Gasteiger partial charge is 0.226 e. The third-order valence-corrected chi connectivity index (χ3v) is 2.63. The molecule has 1 rings (SSSR count). The maximum Gasteiger partial charge on any atom is 0.226 e. The van der Waals surface area contributed by atoms with Gasteiger partial charge in [-0.3, -0.25) is 4.79 Å². The number of hydrogen-bond acceptors (Lipinski definition) is 1. The van der Waals surface area contributed by atoms with Gasteiger partial charge in [-0.25, -0.2) is 0 Å². The summed E-state index contributed by atoms with van der Waals surface area (Å²) >= 11 is 0. The first-order chi connectivity index (χ1) is 7.06. The lowest BCUT2D eigenvalue weighted by atomic mass is 10.1. The summed E-state index contributed by atoms with van der Waals surface area (Å²) in [5, 5.41) is 0. The Balaban J connectivity index is 3.11. The van der Waals surface area contributed by atoms with Crippen LogP contribution >= 0.6 is 0 Å². The number of likely N-dealkylation sites (N-methyl/N-ethyl adjacent to an activating group) is 1. The Labute approximate surface area is 92.0 Å². The third kappa shape index (κ3) is 2.82. The highest BCUT2D eigenvalue weighted by Crippen LogP contribution is 2.25. The number of carbonyl (C=O) groups is 1. The molecule has 0 radical (unpaired) electrons. The summed E-state index contributed by atoms with van der Waals surface area (Å²) in [6.07, 6.45) is 6.63. The van der Waals surface area contributed by atoms with Crippen LogP contribution in [0.3, 0.4) is 0 Å². The SMILES string of the molecule is C=C(C)/C=C1\C(=C/C)CCCC(=O)N1C. The van der Waals surface area contributed by atoms with E-state index in [1.54, 1.807) is 4.90 Å². The molecule has 15 heavy (non-hydrogen) atoms. The molecule has 0 spiro atoms. The van der Waals surface area contributed by atoms with Gasteiger partial charge in [-0.05, 0) is 38.3 Å². The molecule has 0 aliphatic carbocycles. The first-order valence-electron chi connectivity index (χ1n) is 5.35. The van der Waals surface area contributed by atoms with Gasteiger partial charge >= 0.3 is 0 Å². The maximum atomic E-state index is 11.7. The monoisotopic (exact) mass is 205 g/mol. The average molecular weight is 205 g/mol. The third-order valence-electron chi connectivity index (χ3n) is 2.63. The Bertz CT molecular complexity index is 336. The summed E-state index contributed by atoms with van der Waals surface area (Å²) < 4.78 is 0. The number of allylic oxidation sites excluding steroid dienone is 4. The van der Waals surface area contributed by atoms with E-state index in [0.29, 0.717) is 6.42 Å². The molecule has 1 heterocycles. The zero-order valence-electron chi connectivity index (χ0n) is 9.84. The molecule has 0 aromatic carbocycles. The number of likely N-dealkylation sites (tertiary alicyclic amines) is 1. The van der Waals surface area contributed by atoms with Crippen LogP contribution in [0.1, 0.15) is 33.1 Å². The molecule has 1 aliphatic rings. The van der Waals surface area contributed by atoms with Gasteiger partial charge in [0.25, 0.3) is 0 Å². The Kier molecular flexibility index (Phi) is 3.89. The van der Waals surface area contributed by atoms with Crippen LogP contribution in [0.4, 0.5) is 0 Å². The van der Waals surface area contributed by atoms with Gasteiger partial charge in [0, 0.05) is 19.2 Å². The Morgan fingerprint density at radius 1 is 1.47 bits per heavy atom. The summed E-state index contributed by atoms with van der Waals surface area (Å²) in [4.78, 5) is 13.4. The van der Waals surface area contributed by atoms with E-state index in [9.17, 15) is 4.79 Å².